The number of hydrogen-bond acceptors (Lipinski definition) is 3. The Morgan fingerprint density at radius 2 is 1.88 bits per heavy atom. The number of ether oxygens (including phenoxy) is 1. The Kier molecular flexibility index (Phi) is 4.69. The van der Waals surface area contributed by atoms with E-state index in [0.717, 1.165) is 12.0 Å². The Bertz CT molecular complexity index is 749. The van der Waals surface area contributed by atoms with Crippen molar-refractivity contribution in [3.63, 3.8) is 0 Å². The molecule has 1 aromatic carbocycles. The molecular formula is C19H25NO3S. The molecule has 1 aromatic rings. The number of benzene rings is 1. The van der Waals surface area contributed by atoms with E-state index in [4.69, 9.17) is 4.74 Å². The van der Waals surface area contributed by atoms with Crippen LogP contribution in [0.15, 0.2) is 53.5 Å². The summed E-state index contributed by atoms with van der Waals surface area (Å²) in [6, 6.07) is 6.83. The van der Waals surface area contributed by atoms with Crippen LogP contribution in [0.4, 0.5) is 0 Å². The Labute approximate surface area is 144 Å². The molecule has 0 amide bonds. The summed E-state index contributed by atoms with van der Waals surface area (Å²) in [5.74, 6) is 0.367. The van der Waals surface area contributed by atoms with Crippen LogP contribution in [0.1, 0.15) is 25.8 Å². The monoisotopic (exact) mass is 347 g/mol. The summed E-state index contributed by atoms with van der Waals surface area (Å²) in [7, 11) is -3.57. The van der Waals surface area contributed by atoms with Crippen LogP contribution in [0.3, 0.4) is 0 Å². The zero-order valence-electron chi connectivity index (χ0n) is 14.5. The third kappa shape index (κ3) is 3.08. The minimum atomic E-state index is -3.57. The molecule has 0 aliphatic carbocycles. The second kappa shape index (κ2) is 6.47. The third-order valence-corrected chi connectivity index (χ3v) is 6.55. The number of hydrogen-bond donors (Lipinski definition) is 0. The fourth-order valence-electron chi connectivity index (χ4n) is 3.45. The smallest absolute Gasteiger partial charge is 0.243 e. The second-order valence-corrected chi connectivity index (χ2v) is 8.89. The minimum Gasteiger partial charge on any atom is -0.361 e. The molecule has 0 aromatic heterocycles. The first-order chi connectivity index (χ1) is 11.3. The van der Waals surface area contributed by atoms with Crippen molar-refractivity contribution < 1.29 is 13.2 Å². The zero-order valence-corrected chi connectivity index (χ0v) is 15.3. The molecule has 0 saturated heterocycles. The summed E-state index contributed by atoms with van der Waals surface area (Å²) in [4.78, 5) is 0.342. The Balaban J connectivity index is 2.02. The topological polar surface area (TPSA) is 46.6 Å². The van der Waals surface area contributed by atoms with E-state index in [1.165, 1.54) is 0 Å². The maximum absolute atomic E-state index is 13.2. The van der Waals surface area contributed by atoms with Crippen molar-refractivity contribution >= 4 is 10.0 Å². The van der Waals surface area contributed by atoms with Crippen LogP contribution in [-0.2, 0) is 14.8 Å². The lowest BCUT2D eigenvalue weighted by Crippen LogP contribution is -2.56. The molecule has 130 valence electrons. The van der Waals surface area contributed by atoms with Crippen molar-refractivity contribution in [2.24, 2.45) is 5.92 Å². The van der Waals surface area contributed by atoms with E-state index in [2.05, 4.69) is 13.8 Å². The molecule has 1 spiro atoms. The molecule has 5 heteroatoms. The molecule has 3 rings (SSSR count). The van der Waals surface area contributed by atoms with E-state index in [0.29, 0.717) is 24.0 Å². The summed E-state index contributed by atoms with van der Waals surface area (Å²) < 4.78 is 34.1. The highest BCUT2D eigenvalue weighted by atomic mass is 32.2. The third-order valence-electron chi connectivity index (χ3n) is 4.66. The molecule has 2 atom stereocenters. The molecule has 0 N–H and O–H groups in total. The van der Waals surface area contributed by atoms with E-state index >= 15 is 0 Å². The van der Waals surface area contributed by atoms with Crippen molar-refractivity contribution in [3.8, 4) is 0 Å². The van der Waals surface area contributed by atoms with Gasteiger partial charge in [-0.15, -0.1) is 0 Å². The Morgan fingerprint density at radius 3 is 2.46 bits per heavy atom. The molecule has 2 heterocycles. The van der Waals surface area contributed by atoms with Gasteiger partial charge >= 0.3 is 0 Å². The quantitative estimate of drug-likeness (QED) is 0.785. The van der Waals surface area contributed by atoms with Gasteiger partial charge in [0.25, 0.3) is 0 Å². The SMILES string of the molecule is Cc1ccc(S(=O)(=O)N2CC=C[C@@]3(C=CCO3)[C@@H]2CC(C)C)cc1. The van der Waals surface area contributed by atoms with Gasteiger partial charge in [-0.3, -0.25) is 0 Å². The predicted molar refractivity (Wildman–Crippen MR) is 95.3 cm³/mol. The molecule has 0 unspecified atom stereocenters. The van der Waals surface area contributed by atoms with Gasteiger partial charge in [0, 0.05) is 6.54 Å². The normalized spacial score (nSPS) is 27.4. The fourth-order valence-corrected chi connectivity index (χ4v) is 5.07. The molecule has 2 aliphatic rings. The van der Waals surface area contributed by atoms with Gasteiger partial charge < -0.3 is 4.74 Å². The molecule has 0 radical (unpaired) electrons. The molecule has 24 heavy (non-hydrogen) atoms. The van der Waals surface area contributed by atoms with Gasteiger partial charge in [0.05, 0.1) is 17.5 Å². The van der Waals surface area contributed by atoms with E-state index in [-0.39, 0.29) is 6.04 Å². The van der Waals surface area contributed by atoms with E-state index in [1.54, 1.807) is 16.4 Å². The summed E-state index contributed by atoms with van der Waals surface area (Å²) in [6.45, 7) is 7.08. The van der Waals surface area contributed by atoms with E-state index in [1.807, 2.05) is 43.4 Å². The van der Waals surface area contributed by atoms with Crippen LogP contribution in [0.25, 0.3) is 0 Å². The summed E-state index contributed by atoms with van der Waals surface area (Å²) >= 11 is 0. The second-order valence-electron chi connectivity index (χ2n) is 7.00. The standard InChI is InChI=1S/C19H25NO3S/c1-15(2)14-18-19(11-5-13-23-19)10-4-12-20(18)24(21,22)17-8-6-16(3)7-9-17/h4-11,15,18H,12-14H2,1-3H3/t18-,19+/m0/s1. The summed E-state index contributed by atoms with van der Waals surface area (Å²) in [5.41, 5.74) is 0.407. The van der Waals surface area contributed by atoms with Gasteiger partial charge in [-0.05, 0) is 37.5 Å². The Morgan fingerprint density at radius 1 is 1.21 bits per heavy atom. The van der Waals surface area contributed by atoms with Gasteiger partial charge in [0.1, 0.15) is 5.60 Å². The average molecular weight is 347 g/mol. The maximum atomic E-state index is 13.2. The van der Waals surface area contributed by atoms with Crippen molar-refractivity contribution in [3.05, 3.63) is 54.1 Å². The predicted octanol–water partition coefficient (Wildman–Crippen LogP) is 3.30. The number of nitrogens with zero attached hydrogens (tertiary/aromatic N) is 1. The lowest BCUT2D eigenvalue weighted by molar-refractivity contribution is -0.00101. The van der Waals surface area contributed by atoms with Gasteiger partial charge in [-0.2, -0.15) is 4.31 Å². The van der Waals surface area contributed by atoms with Crippen molar-refractivity contribution in [2.45, 2.75) is 43.7 Å². The van der Waals surface area contributed by atoms with Crippen LogP contribution >= 0.6 is 0 Å². The lowest BCUT2D eigenvalue weighted by atomic mass is 9.85. The van der Waals surface area contributed by atoms with Gasteiger partial charge in [-0.1, -0.05) is 49.8 Å². The fraction of sp³-hybridized carbons (Fsp3) is 0.474. The highest BCUT2D eigenvalue weighted by molar-refractivity contribution is 7.89. The largest absolute Gasteiger partial charge is 0.361 e. The van der Waals surface area contributed by atoms with Crippen LogP contribution in [0, 0.1) is 12.8 Å². The average Bonchev–Trinajstić information content (AvgIpc) is 2.98. The van der Waals surface area contributed by atoms with Gasteiger partial charge in [0.2, 0.25) is 10.0 Å². The minimum absolute atomic E-state index is 0.229. The highest BCUT2D eigenvalue weighted by Crippen LogP contribution is 2.37. The first kappa shape index (κ1) is 17.4. The van der Waals surface area contributed by atoms with Gasteiger partial charge in [0.15, 0.2) is 0 Å². The van der Waals surface area contributed by atoms with Crippen molar-refractivity contribution in [1.29, 1.82) is 0 Å². The number of aryl methyl sites for hydroxylation is 1. The summed E-state index contributed by atoms with van der Waals surface area (Å²) in [6.07, 6.45) is 8.65. The molecule has 2 aliphatic heterocycles. The number of rotatable bonds is 4. The van der Waals surface area contributed by atoms with Crippen LogP contribution in [0.5, 0.6) is 0 Å². The summed E-state index contributed by atoms with van der Waals surface area (Å²) in [5, 5.41) is 0. The zero-order chi connectivity index (χ0) is 17.4. The van der Waals surface area contributed by atoms with E-state index in [9.17, 15) is 8.42 Å². The van der Waals surface area contributed by atoms with Gasteiger partial charge in [-0.25, -0.2) is 8.42 Å². The molecule has 0 fully saturated rings. The molecular weight excluding hydrogens is 322 g/mol. The Hall–Kier alpha value is -1.43. The van der Waals surface area contributed by atoms with Crippen LogP contribution < -0.4 is 0 Å². The van der Waals surface area contributed by atoms with Crippen molar-refractivity contribution in [1.82, 2.24) is 4.31 Å². The first-order valence-electron chi connectivity index (χ1n) is 8.43. The van der Waals surface area contributed by atoms with Crippen molar-refractivity contribution in [2.75, 3.05) is 13.2 Å². The lowest BCUT2D eigenvalue weighted by Gasteiger charge is -2.43. The first-order valence-corrected chi connectivity index (χ1v) is 9.87. The maximum Gasteiger partial charge on any atom is 0.243 e. The highest BCUT2D eigenvalue weighted by Gasteiger charge is 2.47. The molecule has 4 nitrogen and oxygen atoms in total. The number of sulfonamides is 1. The van der Waals surface area contributed by atoms with Crippen LogP contribution in [0.2, 0.25) is 0 Å². The van der Waals surface area contributed by atoms with Crippen LogP contribution in [-0.4, -0.2) is 37.5 Å². The molecule has 0 bridgehead atoms. The van der Waals surface area contributed by atoms with E-state index < -0.39 is 15.6 Å². The molecule has 0 saturated carbocycles.